The van der Waals surface area contributed by atoms with Gasteiger partial charge in [-0.2, -0.15) is 11.8 Å². The lowest BCUT2D eigenvalue weighted by atomic mass is 9.47. The second kappa shape index (κ2) is 16.1. The fraction of sp³-hybridized carbons (Fsp3) is 0.872. The van der Waals surface area contributed by atoms with Crippen LogP contribution in [0.25, 0.3) is 0 Å². The molecule has 0 aromatic rings. The summed E-state index contributed by atoms with van der Waals surface area (Å²) in [4.78, 5) is 36.4. The first-order valence-corrected chi connectivity index (χ1v) is 21.6. The fourth-order valence-electron chi connectivity index (χ4n) is 11.5. The van der Waals surface area contributed by atoms with Gasteiger partial charge in [0.15, 0.2) is 0 Å². The molecular weight excluding hydrogens is 653 g/mol. The Morgan fingerprint density at radius 2 is 1.82 bits per heavy atom. The molecule has 0 aromatic heterocycles. The summed E-state index contributed by atoms with van der Waals surface area (Å²) in [5, 5.41) is 6.40. The number of unbranched alkanes of at least 4 members (excludes halogenated alkanes) is 1. The highest BCUT2D eigenvalue weighted by molar-refractivity contribution is 8.00. The van der Waals surface area contributed by atoms with Crippen molar-refractivity contribution in [1.82, 2.24) is 20.1 Å². The highest BCUT2D eigenvalue weighted by atomic mass is 32.2. The molecule has 0 radical (unpaired) electrons. The molecule has 11 atom stereocenters. The molecule has 2 saturated heterocycles. The summed E-state index contributed by atoms with van der Waals surface area (Å²) >= 11 is 2.84. The van der Waals surface area contributed by atoms with Gasteiger partial charge in [0.2, 0.25) is 5.91 Å². The molecule has 2 aliphatic heterocycles. The van der Waals surface area contributed by atoms with Crippen molar-refractivity contribution >= 4 is 41.7 Å². The Morgan fingerprint density at radius 1 is 1.00 bits per heavy atom. The van der Waals surface area contributed by atoms with Crippen molar-refractivity contribution in [3.05, 3.63) is 11.6 Å². The molecule has 4 amide bonds. The van der Waals surface area contributed by atoms with Crippen LogP contribution >= 0.6 is 23.9 Å². The van der Waals surface area contributed by atoms with Gasteiger partial charge in [-0.05, 0) is 111 Å². The number of hydrogen-bond acceptors (Lipinski definition) is 6. The van der Waals surface area contributed by atoms with Crippen LogP contribution in [0.15, 0.2) is 11.6 Å². The third kappa shape index (κ3) is 8.32. The van der Waals surface area contributed by atoms with E-state index in [2.05, 4.69) is 60.8 Å². The topological polar surface area (TPSA) is 109 Å². The van der Waals surface area contributed by atoms with E-state index >= 15 is 0 Å². The van der Waals surface area contributed by atoms with Gasteiger partial charge in [-0.1, -0.05) is 72.0 Å². The Labute approximate surface area is 304 Å². The van der Waals surface area contributed by atoms with Gasteiger partial charge in [-0.3, -0.25) is 19.0 Å². The molecule has 4 aliphatic carbocycles. The largest absolute Gasteiger partial charge is 0.368 e. The zero-order valence-corrected chi connectivity index (χ0v) is 32.5. The third-order valence-corrected chi connectivity index (χ3v) is 16.3. The van der Waals surface area contributed by atoms with Crippen molar-refractivity contribution in [3.8, 4) is 0 Å². The van der Waals surface area contributed by atoms with Gasteiger partial charge in [0.05, 0.1) is 30.3 Å². The summed E-state index contributed by atoms with van der Waals surface area (Å²) < 4.78 is 11.6. The average Bonchev–Trinajstić information content (AvgIpc) is 3.73. The minimum atomic E-state index is -0.211. The first-order chi connectivity index (χ1) is 23.5. The van der Waals surface area contributed by atoms with E-state index in [1.54, 1.807) is 5.57 Å². The van der Waals surface area contributed by atoms with Crippen molar-refractivity contribution < 1.29 is 19.1 Å². The van der Waals surface area contributed by atoms with E-state index < -0.39 is 0 Å². The van der Waals surface area contributed by atoms with Crippen molar-refractivity contribution in [2.45, 2.75) is 154 Å². The number of rotatable bonds is 15. The molecule has 0 aromatic carbocycles. The molecule has 0 bridgehead atoms. The maximum Gasteiger partial charge on any atom is 0.315 e. The van der Waals surface area contributed by atoms with E-state index in [0.29, 0.717) is 17.1 Å². The quantitative estimate of drug-likeness (QED) is 0.0594. The van der Waals surface area contributed by atoms with E-state index in [4.69, 9.17) is 4.74 Å². The maximum atomic E-state index is 12.6. The van der Waals surface area contributed by atoms with E-state index in [0.717, 1.165) is 91.9 Å². The van der Waals surface area contributed by atoms with Crippen LogP contribution in [0.4, 0.5) is 4.79 Å². The minimum Gasteiger partial charge on any atom is -0.368 e. The Morgan fingerprint density at radius 3 is 2.63 bits per heavy atom. The molecule has 3 saturated carbocycles. The van der Waals surface area contributed by atoms with Crippen LogP contribution in [-0.2, 0) is 14.3 Å². The highest BCUT2D eigenvalue weighted by Crippen LogP contribution is 2.67. The van der Waals surface area contributed by atoms with Crippen molar-refractivity contribution in [2.24, 2.45) is 46.3 Å². The lowest BCUT2D eigenvalue weighted by molar-refractivity contribution is -0.127. The van der Waals surface area contributed by atoms with Crippen LogP contribution in [0.3, 0.4) is 0 Å². The molecule has 4 N–H and O–H groups in total. The van der Waals surface area contributed by atoms with Gasteiger partial charge >= 0.3 is 6.03 Å². The SMILES string of the molecule is CC(C)CCC[C@@H](C)[C@H]1CC[C@H]2[C@@H]3CC=C4C[C@@H](OCC(=O)NSNC(=O)CCCC[C@@H]5SC[C@@H]6NC(=O)N[C@@H]65)CC[C@]4(C)[C@H]3CC[C@]12C. The van der Waals surface area contributed by atoms with E-state index in [1.165, 1.54) is 51.4 Å². The number of carbonyl (C=O) groups is 3. The highest BCUT2D eigenvalue weighted by Gasteiger charge is 2.59. The van der Waals surface area contributed by atoms with Crippen LogP contribution in [0.1, 0.15) is 131 Å². The molecule has 0 spiro atoms. The number of carbonyl (C=O) groups excluding carboxylic acids is 3. The minimum absolute atomic E-state index is 0.0212. The van der Waals surface area contributed by atoms with Crippen LogP contribution in [0, 0.1) is 46.3 Å². The number of allylic oxidation sites excluding steroid dienone is 1. The summed E-state index contributed by atoms with van der Waals surface area (Å²) in [7, 11) is 0. The Bertz CT molecular complexity index is 1230. The summed E-state index contributed by atoms with van der Waals surface area (Å²) in [6, 6.07) is 0.375. The van der Waals surface area contributed by atoms with Gasteiger partial charge in [0, 0.05) is 17.4 Å². The normalized spacial score (nSPS) is 38.4. The lowest BCUT2D eigenvalue weighted by Crippen LogP contribution is -2.51. The fourth-order valence-corrected chi connectivity index (χ4v) is 13.5. The van der Waals surface area contributed by atoms with Gasteiger partial charge in [0.25, 0.3) is 5.91 Å². The molecule has 2 heterocycles. The van der Waals surface area contributed by atoms with E-state index in [-0.39, 0.29) is 48.1 Å². The Balaban J connectivity index is 0.883. The Kier molecular flexibility index (Phi) is 12.3. The number of nitrogens with one attached hydrogen (secondary N) is 4. The van der Waals surface area contributed by atoms with Gasteiger partial charge in [-0.25, -0.2) is 4.79 Å². The zero-order chi connectivity index (χ0) is 34.8. The number of urea groups is 1. The predicted octanol–water partition coefficient (Wildman–Crippen LogP) is 7.93. The summed E-state index contributed by atoms with van der Waals surface area (Å²) in [5.74, 6) is 5.68. The third-order valence-electron chi connectivity index (χ3n) is 14.1. The van der Waals surface area contributed by atoms with E-state index in [9.17, 15) is 14.4 Å². The standard InChI is InChI=1S/C39H64N4O4S2/c1-24(2)9-8-10-25(3)29-15-16-30-28-14-13-26-21-27(17-19-38(26,4)31(28)18-20-39(29,30)5)47-22-35(45)43-49-42-34(44)12-7-6-11-33-36-32(23-48-33)40-37(46)41-36/h13,24-25,27-33,36H,6-12,14-23H2,1-5H3,(H,42,44)(H,43,45)(H2,40,41,46)/t25-,27+,28+,29-,30+,31+,32+,33+,36+,38+,39-/m1/s1. The number of amides is 4. The van der Waals surface area contributed by atoms with Gasteiger partial charge < -0.3 is 15.4 Å². The Hall–Kier alpha value is -1.39. The van der Waals surface area contributed by atoms with Crippen molar-refractivity contribution in [3.63, 3.8) is 0 Å². The van der Waals surface area contributed by atoms with Gasteiger partial charge in [0.1, 0.15) is 6.61 Å². The van der Waals surface area contributed by atoms with Crippen molar-refractivity contribution in [2.75, 3.05) is 12.4 Å². The van der Waals surface area contributed by atoms with Crippen LogP contribution < -0.4 is 20.1 Å². The molecule has 49 heavy (non-hydrogen) atoms. The monoisotopic (exact) mass is 716 g/mol. The predicted molar refractivity (Wildman–Crippen MR) is 201 cm³/mol. The lowest BCUT2D eigenvalue weighted by Gasteiger charge is -2.58. The first kappa shape index (κ1) is 37.4. The van der Waals surface area contributed by atoms with Crippen LogP contribution in [0.2, 0.25) is 0 Å². The maximum absolute atomic E-state index is 12.6. The average molecular weight is 717 g/mol. The molecule has 10 heteroatoms. The summed E-state index contributed by atoms with van der Waals surface area (Å²) in [5.41, 5.74) is 2.37. The molecular formula is C39H64N4O4S2. The molecule has 0 unspecified atom stereocenters. The number of hydrogen-bond donors (Lipinski definition) is 4. The number of fused-ring (bicyclic) bond motifs is 6. The molecule has 6 aliphatic rings. The smallest absolute Gasteiger partial charge is 0.315 e. The van der Waals surface area contributed by atoms with Crippen LogP contribution in [0.5, 0.6) is 0 Å². The summed E-state index contributed by atoms with van der Waals surface area (Å²) in [6.07, 6.45) is 19.9. The molecule has 5 fully saturated rings. The van der Waals surface area contributed by atoms with Gasteiger partial charge in [-0.15, -0.1) is 0 Å². The number of thioether (sulfide) groups is 1. The van der Waals surface area contributed by atoms with Crippen LogP contribution in [-0.4, -0.2) is 53.6 Å². The second-order valence-electron chi connectivity index (χ2n) is 17.5. The molecule has 276 valence electrons. The molecule has 6 rings (SSSR count). The van der Waals surface area contributed by atoms with E-state index in [1.807, 2.05) is 11.8 Å². The summed E-state index contributed by atoms with van der Waals surface area (Å²) in [6.45, 7) is 12.5. The van der Waals surface area contributed by atoms with Crippen molar-refractivity contribution in [1.29, 1.82) is 0 Å². The second-order valence-corrected chi connectivity index (χ2v) is 19.4. The first-order valence-electron chi connectivity index (χ1n) is 19.7. The number of ether oxygens (including phenoxy) is 1. The molecule has 8 nitrogen and oxygen atoms in total. The zero-order valence-electron chi connectivity index (χ0n) is 30.8.